The van der Waals surface area contributed by atoms with Crippen LogP contribution in [0.25, 0.3) is 0 Å². The number of anilines is 1. The van der Waals surface area contributed by atoms with Crippen molar-refractivity contribution in [3.05, 3.63) is 42.0 Å². The Morgan fingerprint density at radius 2 is 2.26 bits per heavy atom. The predicted octanol–water partition coefficient (Wildman–Crippen LogP) is 1.18. The normalized spacial score (nSPS) is 10.2. The summed E-state index contributed by atoms with van der Waals surface area (Å²) in [7, 11) is 0. The summed E-state index contributed by atoms with van der Waals surface area (Å²) in [6.07, 6.45) is 4.82. The number of nitrogens with zero attached hydrogens (tertiary/aromatic N) is 3. The lowest BCUT2D eigenvalue weighted by Crippen LogP contribution is -2.15. The molecule has 2 aromatic heterocycles. The maximum absolute atomic E-state index is 11.9. The highest BCUT2D eigenvalue weighted by molar-refractivity contribution is 7.80. The predicted molar refractivity (Wildman–Crippen MR) is 76.0 cm³/mol. The van der Waals surface area contributed by atoms with Gasteiger partial charge in [-0.15, -0.1) is 0 Å². The molecule has 7 heteroatoms. The number of hydrogen-bond donors (Lipinski definition) is 2. The Morgan fingerprint density at radius 1 is 1.47 bits per heavy atom. The highest BCUT2D eigenvalue weighted by atomic mass is 32.1. The van der Waals surface area contributed by atoms with Crippen molar-refractivity contribution in [2.75, 3.05) is 5.32 Å². The zero-order valence-electron chi connectivity index (χ0n) is 10.3. The molecule has 0 aliphatic carbocycles. The van der Waals surface area contributed by atoms with Crippen LogP contribution in [0.1, 0.15) is 23.0 Å². The number of pyridine rings is 1. The second kappa shape index (κ2) is 5.57. The molecule has 0 fully saturated rings. The number of hydrogen-bond acceptors (Lipinski definition) is 4. The molecule has 6 nitrogen and oxygen atoms in total. The molecule has 3 N–H and O–H groups in total. The number of aromatic nitrogens is 3. The monoisotopic (exact) mass is 275 g/mol. The molecule has 0 aliphatic heterocycles. The number of rotatable bonds is 4. The molecular formula is C12H13N5OS. The van der Waals surface area contributed by atoms with Gasteiger partial charge in [0.1, 0.15) is 10.7 Å². The summed E-state index contributed by atoms with van der Waals surface area (Å²) >= 11 is 4.82. The molecule has 0 unspecified atom stereocenters. The van der Waals surface area contributed by atoms with E-state index in [1.807, 2.05) is 6.92 Å². The highest BCUT2D eigenvalue weighted by Crippen LogP contribution is 2.07. The first-order chi connectivity index (χ1) is 9.10. The fourth-order valence-electron chi connectivity index (χ4n) is 1.47. The summed E-state index contributed by atoms with van der Waals surface area (Å²) < 4.78 is 1.72. The van der Waals surface area contributed by atoms with Crippen molar-refractivity contribution in [1.29, 1.82) is 0 Å². The molecule has 19 heavy (non-hydrogen) atoms. The summed E-state index contributed by atoms with van der Waals surface area (Å²) in [4.78, 5) is 16.2. The number of amides is 1. The molecule has 0 saturated carbocycles. The van der Waals surface area contributed by atoms with Gasteiger partial charge in [-0.1, -0.05) is 12.2 Å². The van der Waals surface area contributed by atoms with E-state index in [0.717, 1.165) is 6.54 Å². The van der Waals surface area contributed by atoms with Crippen molar-refractivity contribution < 1.29 is 4.79 Å². The Labute approximate surface area is 115 Å². The molecule has 0 spiro atoms. The van der Waals surface area contributed by atoms with Gasteiger partial charge in [-0.2, -0.15) is 5.10 Å². The van der Waals surface area contributed by atoms with E-state index in [1.165, 1.54) is 6.20 Å². The van der Waals surface area contributed by atoms with E-state index in [1.54, 1.807) is 29.2 Å². The fraction of sp³-hybridized carbons (Fsp3) is 0.167. The molecule has 98 valence electrons. The van der Waals surface area contributed by atoms with Crippen LogP contribution in [0, 0.1) is 0 Å². The molecular weight excluding hydrogens is 262 g/mol. The van der Waals surface area contributed by atoms with Gasteiger partial charge in [0.25, 0.3) is 5.91 Å². The fourth-order valence-corrected chi connectivity index (χ4v) is 1.59. The molecule has 0 bridgehead atoms. The minimum absolute atomic E-state index is 0.253. The van der Waals surface area contributed by atoms with Gasteiger partial charge in [-0.05, 0) is 19.1 Å². The second-order valence-corrected chi connectivity index (χ2v) is 4.28. The van der Waals surface area contributed by atoms with Gasteiger partial charge in [-0.3, -0.25) is 14.5 Å². The second-order valence-electron chi connectivity index (χ2n) is 3.84. The van der Waals surface area contributed by atoms with Crippen LogP contribution >= 0.6 is 12.2 Å². The van der Waals surface area contributed by atoms with Gasteiger partial charge >= 0.3 is 0 Å². The van der Waals surface area contributed by atoms with Crippen LogP contribution in [-0.4, -0.2) is 25.7 Å². The number of nitrogens with one attached hydrogen (secondary N) is 1. The molecule has 2 heterocycles. The van der Waals surface area contributed by atoms with Crippen LogP contribution in [0.3, 0.4) is 0 Å². The van der Waals surface area contributed by atoms with Gasteiger partial charge in [0.2, 0.25) is 0 Å². The lowest BCUT2D eigenvalue weighted by molar-refractivity contribution is 0.102. The smallest absolute Gasteiger partial charge is 0.274 e. The maximum atomic E-state index is 11.9. The van der Waals surface area contributed by atoms with Crippen molar-refractivity contribution in [3.8, 4) is 0 Å². The van der Waals surface area contributed by atoms with Gasteiger partial charge in [0.15, 0.2) is 0 Å². The standard InChI is InChI=1S/C12H13N5OS/c1-2-17-7-9(6-15-17)16-12(18)10-4-3-8(5-14-10)11(13)19/h3-7H,2H2,1H3,(H2,13,19)(H,16,18). The quantitative estimate of drug-likeness (QED) is 0.818. The SMILES string of the molecule is CCn1cc(NC(=O)c2ccc(C(N)=S)cn2)cn1. The third-order valence-corrected chi connectivity index (χ3v) is 2.73. The molecule has 0 saturated heterocycles. The Kier molecular flexibility index (Phi) is 3.86. The number of nitrogens with two attached hydrogens (primary N) is 1. The van der Waals surface area contributed by atoms with Crippen LogP contribution in [0.15, 0.2) is 30.7 Å². The zero-order valence-corrected chi connectivity index (χ0v) is 11.1. The van der Waals surface area contributed by atoms with Gasteiger partial charge in [-0.25, -0.2) is 0 Å². The largest absolute Gasteiger partial charge is 0.389 e. The summed E-state index contributed by atoms with van der Waals surface area (Å²) in [5.41, 5.74) is 7.02. The summed E-state index contributed by atoms with van der Waals surface area (Å²) in [6.45, 7) is 2.71. The third kappa shape index (κ3) is 3.14. The maximum Gasteiger partial charge on any atom is 0.274 e. The van der Waals surface area contributed by atoms with Crippen LogP contribution in [0.4, 0.5) is 5.69 Å². The van der Waals surface area contributed by atoms with Gasteiger partial charge in [0, 0.05) is 24.5 Å². The number of thiocarbonyl (C=S) groups is 1. The minimum atomic E-state index is -0.301. The molecule has 2 aromatic rings. The van der Waals surface area contributed by atoms with Gasteiger partial charge in [0.05, 0.1) is 11.9 Å². The van der Waals surface area contributed by atoms with Crippen molar-refractivity contribution >= 4 is 28.8 Å². The Balaban J connectivity index is 2.09. The lowest BCUT2D eigenvalue weighted by atomic mass is 10.2. The Morgan fingerprint density at radius 3 is 2.79 bits per heavy atom. The molecule has 1 amide bonds. The van der Waals surface area contributed by atoms with Crippen molar-refractivity contribution in [2.45, 2.75) is 13.5 Å². The molecule has 2 rings (SSSR count). The number of aryl methyl sites for hydroxylation is 1. The van der Waals surface area contributed by atoms with Gasteiger partial charge < -0.3 is 11.1 Å². The van der Waals surface area contributed by atoms with Crippen LogP contribution in [-0.2, 0) is 6.54 Å². The van der Waals surface area contributed by atoms with E-state index in [0.29, 0.717) is 16.9 Å². The van der Waals surface area contributed by atoms with Crippen molar-refractivity contribution in [3.63, 3.8) is 0 Å². The average molecular weight is 275 g/mol. The third-order valence-electron chi connectivity index (χ3n) is 2.50. The van der Waals surface area contributed by atoms with Crippen molar-refractivity contribution in [1.82, 2.24) is 14.8 Å². The summed E-state index contributed by atoms with van der Waals surface area (Å²) in [6, 6.07) is 3.24. The van der Waals surface area contributed by atoms with E-state index in [9.17, 15) is 4.79 Å². The molecule has 0 aromatic carbocycles. The number of carbonyl (C=O) groups is 1. The van der Waals surface area contributed by atoms with Crippen LogP contribution in [0.2, 0.25) is 0 Å². The molecule has 0 radical (unpaired) electrons. The summed E-state index contributed by atoms with van der Waals surface area (Å²) in [5.74, 6) is -0.301. The average Bonchev–Trinajstić information content (AvgIpc) is 2.86. The lowest BCUT2D eigenvalue weighted by Gasteiger charge is -2.02. The molecule has 0 aliphatic rings. The summed E-state index contributed by atoms with van der Waals surface area (Å²) in [5, 5.41) is 6.78. The van der Waals surface area contributed by atoms with E-state index >= 15 is 0 Å². The van der Waals surface area contributed by atoms with Crippen LogP contribution < -0.4 is 11.1 Å². The van der Waals surface area contributed by atoms with E-state index in [4.69, 9.17) is 18.0 Å². The Hall–Kier alpha value is -2.28. The first kappa shape index (κ1) is 13.2. The van der Waals surface area contributed by atoms with E-state index < -0.39 is 0 Å². The van der Waals surface area contributed by atoms with Crippen molar-refractivity contribution in [2.24, 2.45) is 5.73 Å². The zero-order chi connectivity index (χ0) is 13.8. The Bertz CT molecular complexity index is 605. The first-order valence-electron chi connectivity index (χ1n) is 5.70. The molecule has 0 atom stereocenters. The van der Waals surface area contributed by atoms with E-state index in [2.05, 4.69) is 15.4 Å². The minimum Gasteiger partial charge on any atom is -0.389 e. The number of carbonyl (C=O) groups excluding carboxylic acids is 1. The highest BCUT2D eigenvalue weighted by Gasteiger charge is 2.09. The first-order valence-corrected chi connectivity index (χ1v) is 6.10. The topological polar surface area (TPSA) is 85.8 Å². The van der Waals surface area contributed by atoms with Crippen LogP contribution in [0.5, 0.6) is 0 Å². The van der Waals surface area contributed by atoms with E-state index in [-0.39, 0.29) is 10.9 Å².